The number of aromatic nitrogens is 3. The van der Waals surface area contributed by atoms with Gasteiger partial charge < -0.3 is 8.83 Å². The van der Waals surface area contributed by atoms with E-state index in [1.54, 1.807) is 0 Å². The molecule has 5 aromatic carbocycles. The fourth-order valence-corrected chi connectivity index (χ4v) is 5.52. The van der Waals surface area contributed by atoms with E-state index in [2.05, 4.69) is 51.8 Å². The smallest absolute Gasteiger partial charge is 0.136 e. The van der Waals surface area contributed by atoms with Crippen LogP contribution in [0.25, 0.3) is 77.5 Å². The summed E-state index contributed by atoms with van der Waals surface area (Å²) >= 11 is 0. The summed E-state index contributed by atoms with van der Waals surface area (Å²) in [5.74, 6) is 0. The number of hydrogen-bond acceptors (Lipinski definition) is 5. The third-order valence-corrected chi connectivity index (χ3v) is 7.14. The monoisotopic (exact) mass is 489 g/mol. The van der Waals surface area contributed by atoms with Gasteiger partial charge in [0.2, 0.25) is 0 Å². The zero-order chi connectivity index (χ0) is 25.1. The van der Waals surface area contributed by atoms with Crippen molar-refractivity contribution in [1.29, 1.82) is 0 Å². The Balaban J connectivity index is 1.55. The maximum Gasteiger partial charge on any atom is 0.136 e. The lowest BCUT2D eigenvalue weighted by Crippen LogP contribution is -2.00. The first kappa shape index (κ1) is 20.9. The molecular weight excluding hydrogens is 470 g/mol. The molecule has 8 aromatic rings. The zero-order valence-electron chi connectivity index (χ0n) is 20.1. The maximum absolute atomic E-state index is 6.25. The molecule has 5 heteroatoms. The number of nitrogens with zero attached hydrogens (tertiary/aromatic N) is 3. The van der Waals surface area contributed by atoms with Crippen molar-refractivity contribution in [2.75, 3.05) is 0 Å². The Kier molecular flexibility index (Phi) is 4.45. The number of furan rings is 2. The number of rotatable bonds is 3. The van der Waals surface area contributed by atoms with Gasteiger partial charge in [-0.1, -0.05) is 91.0 Å². The van der Waals surface area contributed by atoms with Crippen molar-refractivity contribution in [2.45, 2.75) is 0 Å². The fraction of sp³-hybridized carbons (Fsp3) is 0. The minimum absolute atomic E-state index is 0.744. The normalized spacial score (nSPS) is 11.7. The molecule has 0 atom stereocenters. The van der Waals surface area contributed by atoms with Crippen LogP contribution in [-0.2, 0) is 0 Å². The van der Waals surface area contributed by atoms with E-state index < -0.39 is 0 Å². The lowest BCUT2D eigenvalue weighted by Gasteiger charge is -2.14. The molecule has 0 saturated heterocycles. The van der Waals surface area contributed by atoms with Crippen LogP contribution in [0.2, 0.25) is 0 Å². The van der Waals surface area contributed by atoms with Crippen LogP contribution < -0.4 is 0 Å². The summed E-state index contributed by atoms with van der Waals surface area (Å²) in [4.78, 5) is 0. The van der Waals surface area contributed by atoms with Crippen molar-refractivity contribution in [1.82, 2.24) is 15.4 Å². The fourth-order valence-electron chi connectivity index (χ4n) is 5.52. The molecule has 0 aliphatic carbocycles. The minimum Gasteiger partial charge on any atom is -0.456 e. The molecule has 0 fully saturated rings. The van der Waals surface area contributed by atoms with Gasteiger partial charge in [0.15, 0.2) is 0 Å². The number of para-hydroxylation sites is 2. The van der Waals surface area contributed by atoms with Gasteiger partial charge in [0.05, 0.1) is 0 Å². The summed E-state index contributed by atoms with van der Waals surface area (Å²) in [6.45, 7) is 0. The molecule has 8 rings (SSSR count). The van der Waals surface area contributed by atoms with Gasteiger partial charge in [-0.25, -0.2) is 0 Å². The van der Waals surface area contributed by atoms with E-state index in [1.165, 1.54) is 0 Å². The first-order chi connectivity index (χ1) is 18.9. The van der Waals surface area contributed by atoms with E-state index in [1.807, 2.05) is 78.9 Å². The molecule has 0 spiro atoms. The molecule has 0 N–H and O–H groups in total. The van der Waals surface area contributed by atoms with Gasteiger partial charge >= 0.3 is 0 Å². The highest BCUT2D eigenvalue weighted by Gasteiger charge is 2.24. The molecule has 0 aliphatic heterocycles. The van der Waals surface area contributed by atoms with Gasteiger partial charge in [0.1, 0.15) is 33.7 Å². The molecule has 0 aliphatic rings. The second-order valence-electron chi connectivity index (χ2n) is 9.28. The molecule has 0 bridgehead atoms. The minimum atomic E-state index is 0.744. The van der Waals surface area contributed by atoms with Crippen molar-refractivity contribution < 1.29 is 8.83 Å². The van der Waals surface area contributed by atoms with E-state index in [9.17, 15) is 0 Å². The van der Waals surface area contributed by atoms with Crippen LogP contribution in [0.4, 0.5) is 0 Å². The van der Waals surface area contributed by atoms with Crippen molar-refractivity contribution in [2.24, 2.45) is 0 Å². The van der Waals surface area contributed by atoms with Crippen LogP contribution in [0, 0.1) is 0 Å². The van der Waals surface area contributed by atoms with Crippen molar-refractivity contribution in [3.05, 3.63) is 115 Å². The number of hydrogen-bond donors (Lipinski definition) is 0. The average Bonchev–Trinajstić information content (AvgIpc) is 3.56. The largest absolute Gasteiger partial charge is 0.456 e. The van der Waals surface area contributed by atoms with Crippen LogP contribution in [-0.4, -0.2) is 15.4 Å². The number of benzene rings is 5. The molecule has 38 heavy (non-hydrogen) atoms. The quantitative estimate of drug-likeness (QED) is 0.248. The molecule has 0 saturated carbocycles. The second-order valence-corrected chi connectivity index (χ2v) is 9.28. The molecule has 178 valence electrons. The predicted molar refractivity (Wildman–Crippen MR) is 151 cm³/mol. The maximum atomic E-state index is 6.25. The average molecular weight is 490 g/mol. The molecule has 3 aromatic heterocycles. The summed E-state index contributed by atoms with van der Waals surface area (Å²) in [5, 5.41) is 17.7. The highest BCUT2D eigenvalue weighted by atomic mass is 16.3. The highest BCUT2D eigenvalue weighted by Crippen LogP contribution is 2.45. The Hall–Kier alpha value is -5.29. The van der Waals surface area contributed by atoms with E-state index in [0.29, 0.717) is 0 Å². The zero-order valence-corrected chi connectivity index (χ0v) is 20.1. The second kappa shape index (κ2) is 8.11. The van der Waals surface area contributed by atoms with E-state index in [-0.39, 0.29) is 0 Å². The lowest BCUT2D eigenvalue weighted by molar-refractivity contribution is 0.668. The van der Waals surface area contributed by atoms with Gasteiger partial charge in [-0.15, -0.1) is 10.2 Å². The Morgan fingerprint density at radius 3 is 1.63 bits per heavy atom. The lowest BCUT2D eigenvalue weighted by atomic mass is 9.91. The van der Waals surface area contributed by atoms with E-state index in [4.69, 9.17) is 8.83 Å². The Labute approximate surface area is 217 Å². The summed E-state index contributed by atoms with van der Waals surface area (Å²) in [5.41, 5.74) is 8.62. The molecular formula is C33H19N3O2. The van der Waals surface area contributed by atoms with Gasteiger partial charge in [-0.2, -0.15) is 0 Å². The standard InChI is InChI=1S/C33H19N3O2/c1-2-10-20(11-3-1)32-31(23-14-8-18-27-29(23)21-12-4-6-16-25(21)37-27)33(35-36-34-32)24-15-9-19-28-30(24)22-13-5-7-17-26(22)38-28/h1-19H. The SMILES string of the molecule is c1ccc(-c2nnnc(-c3cccc4oc5ccccc5c34)c2-c2cccc3oc4ccccc4c23)cc1. The first-order valence-electron chi connectivity index (χ1n) is 12.5. The van der Waals surface area contributed by atoms with Crippen LogP contribution in [0.15, 0.2) is 124 Å². The third-order valence-electron chi connectivity index (χ3n) is 7.14. The van der Waals surface area contributed by atoms with Crippen molar-refractivity contribution in [3.8, 4) is 33.6 Å². The Morgan fingerprint density at radius 2 is 0.947 bits per heavy atom. The predicted octanol–water partition coefficient (Wildman–Crippen LogP) is 8.67. The topological polar surface area (TPSA) is 65.0 Å². The van der Waals surface area contributed by atoms with Crippen molar-refractivity contribution in [3.63, 3.8) is 0 Å². The van der Waals surface area contributed by atoms with E-state index in [0.717, 1.165) is 77.5 Å². The van der Waals surface area contributed by atoms with Crippen LogP contribution >= 0.6 is 0 Å². The molecule has 0 radical (unpaired) electrons. The molecule has 0 unspecified atom stereocenters. The molecule has 5 nitrogen and oxygen atoms in total. The first-order valence-corrected chi connectivity index (χ1v) is 12.5. The Bertz CT molecular complexity index is 2140. The van der Waals surface area contributed by atoms with Gasteiger partial charge in [0.25, 0.3) is 0 Å². The molecule has 3 heterocycles. The number of fused-ring (bicyclic) bond motifs is 6. The summed E-state index contributed by atoms with van der Waals surface area (Å²) in [7, 11) is 0. The van der Waals surface area contributed by atoms with Gasteiger partial charge in [-0.05, 0) is 35.0 Å². The van der Waals surface area contributed by atoms with Gasteiger partial charge in [-0.3, -0.25) is 0 Å². The molecule has 0 amide bonds. The van der Waals surface area contributed by atoms with Crippen LogP contribution in [0.3, 0.4) is 0 Å². The van der Waals surface area contributed by atoms with E-state index >= 15 is 0 Å². The van der Waals surface area contributed by atoms with Gasteiger partial charge in [0, 0.05) is 38.2 Å². The third kappa shape index (κ3) is 3.02. The van der Waals surface area contributed by atoms with Crippen LogP contribution in [0.5, 0.6) is 0 Å². The Morgan fingerprint density at radius 1 is 0.421 bits per heavy atom. The summed E-state index contributed by atoms with van der Waals surface area (Å²) in [6.07, 6.45) is 0. The highest BCUT2D eigenvalue weighted by molar-refractivity contribution is 6.17. The summed E-state index contributed by atoms with van der Waals surface area (Å²) in [6, 6.07) is 38.6. The summed E-state index contributed by atoms with van der Waals surface area (Å²) < 4.78 is 12.5. The van der Waals surface area contributed by atoms with Crippen LogP contribution in [0.1, 0.15) is 0 Å². The van der Waals surface area contributed by atoms with Crippen molar-refractivity contribution >= 4 is 43.9 Å².